The molecule has 0 bridgehead atoms. The van der Waals surface area contributed by atoms with Crippen LogP contribution in [0.25, 0.3) is 5.57 Å². The zero-order valence-electron chi connectivity index (χ0n) is 16.8. The number of aryl methyl sites for hydroxylation is 2. The summed E-state index contributed by atoms with van der Waals surface area (Å²) in [7, 11) is 1.68. The lowest BCUT2D eigenvalue weighted by Crippen LogP contribution is -2.10. The summed E-state index contributed by atoms with van der Waals surface area (Å²) in [6, 6.07) is 7.43. The van der Waals surface area contributed by atoms with Gasteiger partial charge in [0.15, 0.2) is 0 Å². The normalized spacial score (nSPS) is 13.5. The van der Waals surface area contributed by atoms with Crippen LogP contribution in [0.5, 0.6) is 0 Å². The molecule has 0 radical (unpaired) electrons. The third kappa shape index (κ3) is 4.77. The Labute approximate surface area is 166 Å². The number of aliphatic imine (C=N–C) groups is 1. The molecule has 2 rings (SSSR count). The first-order valence-electron chi connectivity index (χ1n) is 9.23. The fraction of sp³-hybridized carbons (Fsp3) is 0.304. The summed E-state index contributed by atoms with van der Waals surface area (Å²) in [6.45, 7) is 9.75. The smallest absolute Gasteiger partial charge is 0.141 e. The van der Waals surface area contributed by atoms with Gasteiger partial charge in [0.2, 0.25) is 0 Å². The van der Waals surface area contributed by atoms with Crippen molar-refractivity contribution in [1.82, 2.24) is 9.97 Å². The predicted octanol–water partition coefficient (Wildman–Crippen LogP) is 5.35. The van der Waals surface area contributed by atoms with Crippen molar-refractivity contribution in [2.75, 3.05) is 7.05 Å². The number of halogens is 1. The Bertz CT molecular complexity index is 950. The second-order valence-corrected chi connectivity index (χ2v) is 6.63. The SMILES string of the molecule is C=CC(=NC)C(CC(CC)c1ccc(F)cn1)=C(C#N)c1cc(C)cnc1C. The summed E-state index contributed by atoms with van der Waals surface area (Å²) < 4.78 is 13.3. The highest BCUT2D eigenvalue weighted by atomic mass is 19.1. The van der Waals surface area contributed by atoms with Gasteiger partial charge in [-0.3, -0.25) is 15.0 Å². The first-order valence-corrected chi connectivity index (χ1v) is 9.23. The topological polar surface area (TPSA) is 61.9 Å². The minimum atomic E-state index is -0.365. The molecule has 0 fully saturated rings. The van der Waals surface area contributed by atoms with E-state index in [1.54, 1.807) is 25.4 Å². The van der Waals surface area contributed by atoms with Gasteiger partial charge in [0.1, 0.15) is 11.9 Å². The van der Waals surface area contributed by atoms with E-state index in [4.69, 9.17) is 0 Å². The number of aromatic nitrogens is 2. The number of allylic oxidation sites excluding steroid dienone is 3. The molecule has 144 valence electrons. The van der Waals surface area contributed by atoms with Gasteiger partial charge in [-0.1, -0.05) is 13.5 Å². The second kappa shape index (κ2) is 9.70. The summed E-state index contributed by atoms with van der Waals surface area (Å²) in [5.41, 5.74) is 5.35. The number of pyridine rings is 2. The number of hydrogen-bond acceptors (Lipinski definition) is 4. The maximum Gasteiger partial charge on any atom is 0.141 e. The van der Waals surface area contributed by atoms with Crippen molar-refractivity contribution in [1.29, 1.82) is 5.26 Å². The Morgan fingerprint density at radius 1 is 1.32 bits per heavy atom. The number of nitriles is 1. The predicted molar refractivity (Wildman–Crippen MR) is 112 cm³/mol. The minimum absolute atomic E-state index is 0.0220. The maximum absolute atomic E-state index is 13.3. The summed E-state index contributed by atoms with van der Waals surface area (Å²) >= 11 is 0. The van der Waals surface area contributed by atoms with Gasteiger partial charge >= 0.3 is 0 Å². The number of hydrogen-bond donors (Lipinski definition) is 0. The molecule has 0 aliphatic rings. The molecule has 2 heterocycles. The van der Waals surface area contributed by atoms with Crippen LogP contribution in [-0.2, 0) is 0 Å². The van der Waals surface area contributed by atoms with Crippen molar-refractivity contribution in [2.45, 2.75) is 39.5 Å². The van der Waals surface area contributed by atoms with Crippen molar-refractivity contribution in [3.8, 4) is 6.07 Å². The molecule has 0 saturated heterocycles. The van der Waals surface area contributed by atoms with E-state index in [0.29, 0.717) is 17.7 Å². The monoisotopic (exact) mass is 376 g/mol. The summed E-state index contributed by atoms with van der Waals surface area (Å²) in [5.74, 6) is -0.343. The van der Waals surface area contributed by atoms with Crippen LogP contribution < -0.4 is 0 Å². The Morgan fingerprint density at radius 3 is 2.61 bits per heavy atom. The molecule has 2 aromatic heterocycles. The lowest BCUT2D eigenvalue weighted by atomic mass is 9.86. The molecule has 1 atom stereocenters. The number of rotatable bonds is 7. The second-order valence-electron chi connectivity index (χ2n) is 6.63. The van der Waals surface area contributed by atoms with Gasteiger partial charge in [-0.25, -0.2) is 4.39 Å². The van der Waals surface area contributed by atoms with Crippen LogP contribution in [-0.4, -0.2) is 22.7 Å². The summed E-state index contributed by atoms with van der Waals surface area (Å²) in [6.07, 6.45) is 6.01. The summed E-state index contributed by atoms with van der Waals surface area (Å²) in [4.78, 5) is 13.0. The molecular formula is C23H25FN4. The molecule has 0 aliphatic carbocycles. The van der Waals surface area contributed by atoms with Gasteiger partial charge in [-0.05, 0) is 62.1 Å². The Morgan fingerprint density at radius 2 is 2.07 bits per heavy atom. The van der Waals surface area contributed by atoms with E-state index in [0.717, 1.165) is 34.5 Å². The van der Waals surface area contributed by atoms with Crippen LogP contribution in [0.4, 0.5) is 4.39 Å². The van der Waals surface area contributed by atoms with Crippen molar-refractivity contribution in [3.05, 3.63) is 77.2 Å². The van der Waals surface area contributed by atoms with E-state index in [-0.39, 0.29) is 11.7 Å². The Kier molecular flexibility index (Phi) is 7.34. The highest BCUT2D eigenvalue weighted by Gasteiger charge is 2.21. The van der Waals surface area contributed by atoms with E-state index in [9.17, 15) is 9.65 Å². The van der Waals surface area contributed by atoms with E-state index >= 15 is 0 Å². The molecule has 0 N–H and O–H groups in total. The molecule has 1 unspecified atom stereocenters. The lowest BCUT2D eigenvalue weighted by molar-refractivity contribution is 0.604. The average Bonchev–Trinajstić information content (AvgIpc) is 2.70. The highest BCUT2D eigenvalue weighted by Crippen LogP contribution is 2.32. The largest absolute Gasteiger partial charge is 0.288 e. The van der Waals surface area contributed by atoms with Gasteiger partial charge in [0.05, 0.1) is 17.5 Å². The lowest BCUT2D eigenvalue weighted by Gasteiger charge is -2.19. The van der Waals surface area contributed by atoms with Crippen LogP contribution >= 0.6 is 0 Å². The minimum Gasteiger partial charge on any atom is -0.288 e. The Balaban J connectivity index is 2.64. The van der Waals surface area contributed by atoms with E-state index < -0.39 is 0 Å². The van der Waals surface area contributed by atoms with Crippen LogP contribution in [0.1, 0.15) is 48.2 Å². The van der Waals surface area contributed by atoms with Crippen LogP contribution in [0.15, 0.2) is 53.8 Å². The van der Waals surface area contributed by atoms with Gasteiger partial charge < -0.3 is 0 Å². The van der Waals surface area contributed by atoms with Gasteiger partial charge in [0, 0.05) is 36.1 Å². The molecule has 2 aromatic rings. The third-order valence-electron chi connectivity index (χ3n) is 4.76. The van der Waals surface area contributed by atoms with Gasteiger partial charge in [0.25, 0.3) is 0 Å². The van der Waals surface area contributed by atoms with Gasteiger partial charge in [-0.2, -0.15) is 5.26 Å². The Hall–Kier alpha value is -3.13. The van der Waals surface area contributed by atoms with Crippen molar-refractivity contribution < 1.29 is 4.39 Å². The third-order valence-corrected chi connectivity index (χ3v) is 4.76. The molecule has 0 saturated carbocycles. The molecular weight excluding hydrogens is 351 g/mol. The highest BCUT2D eigenvalue weighted by molar-refractivity contribution is 6.14. The van der Waals surface area contributed by atoms with Crippen LogP contribution in [0.2, 0.25) is 0 Å². The molecule has 0 amide bonds. The van der Waals surface area contributed by atoms with Crippen molar-refractivity contribution >= 4 is 11.3 Å². The average molecular weight is 376 g/mol. The van der Waals surface area contributed by atoms with E-state index in [2.05, 4.69) is 34.5 Å². The molecule has 5 heteroatoms. The first kappa shape index (κ1) is 21.2. The van der Waals surface area contributed by atoms with Gasteiger partial charge in [-0.15, -0.1) is 0 Å². The summed E-state index contributed by atoms with van der Waals surface area (Å²) in [5, 5.41) is 10.0. The van der Waals surface area contributed by atoms with E-state index in [1.165, 1.54) is 12.3 Å². The molecule has 28 heavy (non-hydrogen) atoms. The molecule has 0 aromatic carbocycles. The fourth-order valence-electron chi connectivity index (χ4n) is 3.20. The van der Waals surface area contributed by atoms with Crippen molar-refractivity contribution in [2.24, 2.45) is 4.99 Å². The maximum atomic E-state index is 13.3. The molecule has 4 nitrogen and oxygen atoms in total. The quantitative estimate of drug-likeness (QED) is 0.483. The first-order chi connectivity index (χ1) is 13.4. The molecule has 0 spiro atoms. The number of nitrogens with zero attached hydrogens (tertiary/aromatic N) is 4. The van der Waals surface area contributed by atoms with Crippen molar-refractivity contribution in [3.63, 3.8) is 0 Å². The zero-order valence-corrected chi connectivity index (χ0v) is 16.8. The van der Waals surface area contributed by atoms with Crippen LogP contribution in [0.3, 0.4) is 0 Å². The standard InChI is InChI=1S/C23H25FN4/c1-6-17(23-9-8-18(24)14-28-23)11-20(22(7-2)26-5)21(12-25)19-10-15(3)13-27-16(19)4/h7-10,13-14,17H,2,6,11H2,1,3-5H3. The fourth-order valence-corrected chi connectivity index (χ4v) is 3.20. The van der Waals surface area contributed by atoms with E-state index in [1.807, 2.05) is 19.9 Å². The zero-order chi connectivity index (χ0) is 20.7. The van der Waals surface area contributed by atoms with Crippen LogP contribution in [0, 0.1) is 31.0 Å². The molecule has 0 aliphatic heterocycles.